The highest BCUT2D eigenvalue weighted by Crippen LogP contribution is 2.21. The molecule has 6 nitrogen and oxygen atoms in total. The van der Waals surface area contributed by atoms with Crippen LogP contribution in [0.5, 0.6) is 0 Å². The minimum absolute atomic E-state index is 0.0876. The van der Waals surface area contributed by atoms with Crippen molar-refractivity contribution in [3.8, 4) is 0 Å². The van der Waals surface area contributed by atoms with E-state index in [4.69, 9.17) is 0 Å². The highest BCUT2D eigenvalue weighted by Gasteiger charge is 2.34. The van der Waals surface area contributed by atoms with E-state index in [0.29, 0.717) is 15.8 Å². The molecular formula is C19H17F3N4O2. The van der Waals surface area contributed by atoms with E-state index in [9.17, 15) is 22.8 Å². The smallest absolute Gasteiger partial charge is 0.298 e. The zero-order valence-corrected chi connectivity index (χ0v) is 15.0. The molecule has 0 atom stereocenters. The molecule has 0 fully saturated rings. The highest BCUT2D eigenvalue weighted by atomic mass is 19.4. The number of halogens is 3. The number of amides is 1. The van der Waals surface area contributed by atoms with E-state index in [-0.39, 0.29) is 24.3 Å². The van der Waals surface area contributed by atoms with Crippen LogP contribution in [0.2, 0.25) is 0 Å². The van der Waals surface area contributed by atoms with Crippen LogP contribution in [0.25, 0.3) is 10.9 Å². The number of para-hydroxylation sites is 1. The van der Waals surface area contributed by atoms with E-state index in [1.807, 2.05) is 13.0 Å². The summed E-state index contributed by atoms with van der Waals surface area (Å²) in [5, 5.41) is 0.395. The molecule has 0 saturated heterocycles. The standard InChI is InChI=1S/C19H17F3N4O2/c1-13-5-4-6-14-17(13)24-12-25(18(14)28)10-8-16(27)26(11-19(20,21)22)15-7-2-3-9-23-15/h2-7,9,12H,8,10-11H2,1H3. The Bertz CT molecular complexity index is 1050. The molecule has 0 unspecified atom stereocenters. The molecule has 146 valence electrons. The molecule has 0 aliphatic heterocycles. The molecule has 9 heteroatoms. The fraction of sp³-hybridized carbons (Fsp3) is 0.263. The van der Waals surface area contributed by atoms with Gasteiger partial charge in [-0.05, 0) is 30.7 Å². The third-order valence-corrected chi connectivity index (χ3v) is 4.19. The number of anilines is 1. The average Bonchev–Trinajstić information content (AvgIpc) is 2.66. The van der Waals surface area contributed by atoms with E-state index >= 15 is 0 Å². The lowest BCUT2D eigenvalue weighted by molar-refractivity contribution is -0.132. The summed E-state index contributed by atoms with van der Waals surface area (Å²) in [5.74, 6) is -0.878. The maximum Gasteiger partial charge on any atom is 0.406 e. The number of aryl methyl sites for hydroxylation is 2. The molecule has 0 bridgehead atoms. The van der Waals surface area contributed by atoms with Gasteiger partial charge in [0.1, 0.15) is 12.4 Å². The Morgan fingerprint density at radius 2 is 1.93 bits per heavy atom. The first-order chi connectivity index (χ1) is 13.3. The molecular weight excluding hydrogens is 373 g/mol. The lowest BCUT2D eigenvalue weighted by Crippen LogP contribution is -2.40. The molecule has 0 aliphatic rings. The number of benzene rings is 1. The monoisotopic (exact) mass is 390 g/mol. The second-order valence-corrected chi connectivity index (χ2v) is 6.25. The number of fused-ring (bicyclic) bond motifs is 1. The Morgan fingerprint density at radius 3 is 2.61 bits per heavy atom. The zero-order chi connectivity index (χ0) is 20.3. The van der Waals surface area contributed by atoms with Gasteiger partial charge in [0.25, 0.3) is 5.56 Å². The quantitative estimate of drug-likeness (QED) is 0.672. The third kappa shape index (κ3) is 4.36. The number of rotatable bonds is 5. The Hall–Kier alpha value is -3.23. The van der Waals surface area contributed by atoms with Gasteiger partial charge in [0.2, 0.25) is 5.91 Å². The minimum Gasteiger partial charge on any atom is -0.298 e. The molecule has 2 heterocycles. The van der Waals surface area contributed by atoms with E-state index < -0.39 is 18.6 Å². The van der Waals surface area contributed by atoms with Crippen LogP contribution in [-0.4, -0.2) is 33.2 Å². The van der Waals surface area contributed by atoms with Crippen LogP contribution in [0.15, 0.2) is 53.7 Å². The van der Waals surface area contributed by atoms with Crippen molar-refractivity contribution in [2.45, 2.75) is 26.1 Å². The van der Waals surface area contributed by atoms with Crippen molar-refractivity contribution in [3.63, 3.8) is 0 Å². The van der Waals surface area contributed by atoms with Gasteiger partial charge >= 0.3 is 6.18 Å². The van der Waals surface area contributed by atoms with E-state index in [1.54, 1.807) is 18.2 Å². The van der Waals surface area contributed by atoms with Crippen LogP contribution in [0.1, 0.15) is 12.0 Å². The summed E-state index contributed by atoms with van der Waals surface area (Å²) in [5.41, 5.74) is 1.05. The summed E-state index contributed by atoms with van der Waals surface area (Å²) in [6.07, 6.45) is -2.26. The topological polar surface area (TPSA) is 68.1 Å². The fourth-order valence-corrected chi connectivity index (χ4v) is 2.84. The number of pyridine rings is 1. The first kappa shape index (κ1) is 19.5. The van der Waals surface area contributed by atoms with Crippen LogP contribution in [0.4, 0.5) is 19.0 Å². The number of nitrogens with zero attached hydrogens (tertiary/aromatic N) is 4. The average molecular weight is 390 g/mol. The summed E-state index contributed by atoms with van der Waals surface area (Å²) in [7, 11) is 0. The summed E-state index contributed by atoms with van der Waals surface area (Å²) in [4.78, 5) is 33.7. The second-order valence-electron chi connectivity index (χ2n) is 6.25. The van der Waals surface area contributed by atoms with Gasteiger partial charge in [0, 0.05) is 19.2 Å². The first-order valence-electron chi connectivity index (χ1n) is 8.49. The predicted octanol–water partition coefficient (Wildman–Crippen LogP) is 3.09. The number of hydrogen-bond donors (Lipinski definition) is 0. The molecule has 28 heavy (non-hydrogen) atoms. The van der Waals surface area contributed by atoms with Gasteiger partial charge in [-0.1, -0.05) is 18.2 Å². The minimum atomic E-state index is -4.58. The van der Waals surface area contributed by atoms with Crippen LogP contribution in [0, 0.1) is 6.92 Å². The Morgan fingerprint density at radius 1 is 1.14 bits per heavy atom. The van der Waals surface area contributed by atoms with Crippen LogP contribution in [0.3, 0.4) is 0 Å². The summed E-state index contributed by atoms with van der Waals surface area (Å²) >= 11 is 0. The number of alkyl halides is 3. The van der Waals surface area contributed by atoms with Crippen LogP contribution in [-0.2, 0) is 11.3 Å². The van der Waals surface area contributed by atoms with E-state index in [2.05, 4.69) is 9.97 Å². The van der Waals surface area contributed by atoms with E-state index in [0.717, 1.165) is 5.56 Å². The maximum atomic E-state index is 12.9. The molecule has 3 rings (SSSR count). The van der Waals surface area contributed by atoms with Crippen molar-refractivity contribution >= 4 is 22.6 Å². The number of carbonyl (C=O) groups is 1. The van der Waals surface area contributed by atoms with Crippen molar-refractivity contribution < 1.29 is 18.0 Å². The summed E-state index contributed by atoms with van der Waals surface area (Å²) in [6.45, 7) is 0.285. The van der Waals surface area contributed by atoms with Crippen molar-refractivity contribution in [1.29, 1.82) is 0 Å². The number of hydrogen-bond acceptors (Lipinski definition) is 4. The molecule has 0 radical (unpaired) electrons. The molecule has 0 aliphatic carbocycles. The van der Waals surface area contributed by atoms with Crippen molar-refractivity contribution in [3.05, 3.63) is 64.8 Å². The van der Waals surface area contributed by atoms with Gasteiger partial charge in [-0.2, -0.15) is 13.2 Å². The lowest BCUT2D eigenvalue weighted by Gasteiger charge is -2.23. The SMILES string of the molecule is Cc1cccc2c(=O)n(CCC(=O)N(CC(F)(F)F)c3ccccn3)cnc12. The molecule has 0 N–H and O–H groups in total. The van der Waals surface area contributed by atoms with Gasteiger partial charge in [0.15, 0.2) is 0 Å². The van der Waals surface area contributed by atoms with Gasteiger partial charge in [-0.25, -0.2) is 9.97 Å². The van der Waals surface area contributed by atoms with Gasteiger partial charge in [0.05, 0.1) is 17.2 Å². The van der Waals surface area contributed by atoms with Crippen LogP contribution < -0.4 is 10.5 Å². The predicted molar refractivity (Wildman–Crippen MR) is 98.0 cm³/mol. The van der Waals surface area contributed by atoms with Gasteiger partial charge in [-0.3, -0.25) is 19.1 Å². The Kier molecular flexibility index (Phi) is 5.43. The zero-order valence-electron chi connectivity index (χ0n) is 15.0. The second kappa shape index (κ2) is 7.79. The van der Waals surface area contributed by atoms with E-state index in [1.165, 1.54) is 29.2 Å². The van der Waals surface area contributed by atoms with Crippen LogP contribution >= 0.6 is 0 Å². The summed E-state index contributed by atoms with van der Waals surface area (Å²) in [6, 6.07) is 9.55. The number of carbonyl (C=O) groups excluding carboxylic acids is 1. The molecule has 1 amide bonds. The lowest BCUT2D eigenvalue weighted by atomic mass is 10.1. The molecule has 0 spiro atoms. The Labute approximate surface area is 158 Å². The Balaban J connectivity index is 1.82. The normalized spacial score (nSPS) is 11.6. The molecule has 3 aromatic rings. The van der Waals surface area contributed by atoms with Gasteiger partial charge < -0.3 is 0 Å². The third-order valence-electron chi connectivity index (χ3n) is 4.19. The highest BCUT2D eigenvalue weighted by molar-refractivity contribution is 5.92. The van der Waals surface area contributed by atoms with Crippen molar-refractivity contribution in [1.82, 2.24) is 14.5 Å². The maximum absolute atomic E-state index is 12.9. The summed E-state index contributed by atoms with van der Waals surface area (Å²) < 4.78 is 39.9. The van der Waals surface area contributed by atoms with Gasteiger partial charge in [-0.15, -0.1) is 0 Å². The fourth-order valence-electron chi connectivity index (χ4n) is 2.84. The first-order valence-corrected chi connectivity index (χ1v) is 8.49. The molecule has 0 saturated carbocycles. The molecule has 1 aromatic carbocycles. The largest absolute Gasteiger partial charge is 0.406 e. The van der Waals surface area contributed by atoms with Crippen molar-refractivity contribution in [2.24, 2.45) is 0 Å². The van der Waals surface area contributed by atoms with Crippen molar-refractivity contribution in [2.75, 3.05) is 11.4 Å². The molecule has 2 aromatic heterocycles. The number of aromatic nitrogens is 3.